The molecule has 17 heavy (non-hydrogen) atoms. The summed E-state index contributed by atoms with van der Waals surface area (Å²) in [5.41, 5.74) is 1.47. The van der Waals surface area contributed by atoms with Gasteiger partial charge < -0.3 is 15.7 Å². The largest absolute Gasteiger partial charge is 0.394 e. The molecule has 94 valence electrons. The minimum Gasteiger partial charge on any atom is -0.394 e. The summed E-state index contributed by atoms with van der Waals surface area (Å²) < 4.78 is 0. The molecule has 0 spiro atoms. The highest BCUT2D eigenvalue weighted by atomic mass is 35.5. The molecule has 0 aliphatic rings. The maximum Gasteiger partial charge on any atom is 0.319 e. The Morgan fingerprint density at radius 2 is 2.24 bits per heavy atom. The van der Waals surface area contributed by atoms with Gasteiger partial charge in [0, 0.05) is 0 Å². The van der Waals surface area contributed by atoms with Crippen molar-refractivity contribution in [3.8, 4) is 0 Å². The van der Waals surface area contributed by atoms with Crippen molar-refractivity contribution in [3.63, 3.8) is 0 Å². The number of hydrogen-bond acceptors (Lipinski definition) is 2. The van der Waals surface area contributed by atoms with Crippen molar-refractivity contribution in [3.05, 3.63) is 28.8 Å². The fourth-order valence-electron chi connectivity index (χ4n) is 1.36. The van der Waals surface area contributed by atoms with Crippen LogP contribution in [0, 0.1) is 6.92 Å². The van der Waals surface area contributed by atoms with Crippen LogP contribution in [0.4, 0.5) is 10.5 Å². The van der Waals surface area contributed by atoms with Crippen molar-refractivity contribution in [2.24, 2.45) is 0 Å². The van der Waals surface area contributed by atoms with Crippen molar-refractivity contribution < 1.29 is 9.90 Å². The van der Waals surface area contributed by atoms with Crippen LogP contribution in [-0.4, -0.2) is 23.8 Å². The Kier molecular flexibility index (Phi) is 5.25. The summed E-state index contributed by atoms with van der Waals surface area (Å²) in [5.74, 6) is 0. The number of aliphatic hydroxyl groups excluding tert-OH is 1. The molecule has 5 heteroatoms. The molecule has 1 atom stereocenters. The Balaban J connectivity index is 2.65. The van der Waals surface area contributed by atoms with Gasteiger partial charge in [0.1, 0.15) is 0 Å². The van der Waals surface area contributed by atoms with Gasteiger partial charge in [0.05, 0.1) is 23.4 Å². The first-order valence-corrected chi connectivity index (χ1v) is 5.89. The van der Waals surface area contributed by atoms with E-state index in [0.717, 1.165) is 5.56 Å². The Morgan fingerprint density at radius 1 is 1.53 bits per heavy atom. The predicted molar refractivity (Wildman–Crippen MR) is 69.5 cm³/mol. The number of hydrogen-bond donors (Lipinski definition) is 3. The van der Waals surface area contributed by atoms with E-state index in [4.69, 9.17) is 16.7 Å². The molecule has 0 aromatic heterocycles. The molecule has 0 fully saturated rings. The normalized spacial score (nSPS) is 12.0. The zero-order chi connectivity index (χ0) is 12.8. The van der Waals surface area contributed by atoms with Crippen molar-refractivity contribution in [2.75, 3.05) is 11.9 Å². The van der Waals surface area contributed by atoms with Crippen LogP contribution < -0.4 is 10.6 Å². The number of urea groups is 1. The Bertz CT molecular complexity index is 392. The molecule has 1 aromatic carbocycles. The summed E-state index contributed by atoms with van der Waals surface area (Å²) in [6.07, 6.45) is 0.672. The van der Waals surface area contributed by atoms with E-state index >= 15 is 0 Å². The molecule has 4 nitrogen and oxygen atoms in total. The van der Waals surface area contributed by atoms with Crippen LogP contribution in [0.5, 0.6) is 0 Å². The molecule has 0 radical (unpaired) electrons. The van der Waals surface area contributed by atoms with E-state index in [2.05, 4.69) is 10.6 Å². The van der Waals surface area contributed by atoms with Crippen LogP contribution >= 0.6 is 11.6 Å². The van der Waals surface area contributed by atoms with E-state index in [1.165, 1.54) is 0 Å². The summed E-state index contributed by atoms with van der Waals surface area (Å²) in [6.45, 7) is 3.68. The third-order valence-corrected chi connectivity index (χ3v) is 2.99. The lowest BCUT2D eigenvalue weighted by Crippen LogP contribution is -2.39. The monoisotopic (exact) mass is 256 g/mol. The number of carbonyl (C=O) groups is 1. The maximum absolute atomic E-state index is 11.6. The molecule has 0 heterocycles. The van der Waals surface area contributed by atoms with Crippen LogP contribution in [0.2, 0.25) is 5.02 Å². The molecule has 1 aromatic rings. The highest BCUT2D eigenvalue weighted by Gasteiger charge is 2.10. The fraction of sp³-hybridized carbons (Fsp3) is 0.417. The van der Waals surface area contributed by atoms with E-state index in [1.54, 1.807) is 6.07 Å². The summed E-state index contributed by atoms with van der Waals surface area (Å²) in [4.78, 5) is 11.6. The molecule has 0 bridgehead atoms. The second kappa shape index (κ2) is 6.47. The van der Waals surface area contributed by atoms with Gasteiger partial charge in [0.15, 0.2) is 0 Å². The zero-order valence-electron chi connectivity index (χ0n) is 9.96. The zero-order valence-corrected chi connectivity index (χ0v) is 10.7. The van der Waals surface area contributed by atoms with Crippen molar-refractivity contribution in [2.45, 2.75) is 26.3 Å². The minimum absolute atomic E-state index is 0.0779. The van der Waals surface area contributed by atoms with Crippen LogP contribution in [0.25, 0.3) is 0 Å². The molecule has 0 aliphatic heterocycles. The van der Waals surface area contributed by atoms with Crippen molar-refractivity contribution in [1.82, 2.24) is 5.32 Å². The van der Waals surface area contributed by atoms with Crippen LogP contribution in [0.15, 0.2) is 18.2 Å². The van der Waals surface area contributed by atoms with E-state index < -0.39 is 0 Å². The third-order valence-electron chi connectivity index (χ3n) is 2.49. The average Bonchev–Trinajstić information content (AvgIpc) is 2.32. The molecular formula is C12H17ClN2O2. The van der Waals surface area contributed by atoms with Crippen molar-refractivity contribution in [1.29, 1.82) is 0 Å². The van der Waals surface area contributed by atoms with Gasteiger partial charge in [-0.05, 0) is 25.0 Å². The van der Waals surface area contributed by atoms with Crippen LogP contribution in [0.1, 0.15) is 18.9 Å². The number of aliphatic hydroxyl groups is 1. The summed E-state index contributed by atoms with van der Waals surface area (Å²) in [7, 11) is 0. The molecule has 3 N–H and O–H groups in total. The molecule has 2 amide bonds. The van der Waals surface area contributed by atoms with E-state index in [0.29, 0.717) is 17.1 Å². The summed E-state index contributed by atoms with van der Waals surface area (Å²) in [6, 6.07) is 4.82. The maximum atomic E-state index is 11.6. The van der Waals surface area contributed by atoms with E-state index in [1.807, 2.05) is 26.0 Å². The van der Waals surface area contributed by atoms with E-state index in [9.17, 15) is 4.79 Å². The second-order valence-corrected chi connectivity index (χ2v) is 4.20. The quantitative estimate of drug-likeness (QED) is 0.775. The van der Waals surface area contributed by atoms with Gasteiger partial charge in [-0.15, -0.1) is 0 Å². The lowest BCUT2D eigenvalue weighted by molar-refractivity contribution is 0.222. The van der Waals surface area contributed by atoms with E-state index in [-0.39, 0.29) is 18.7 Å². The highest BCUT2D eigenvalue weighted by molar-refractivity contribution is 6.34. The van der Waals surface area contributed by atoms with Gasteiger partial charge in [-0.3, -0.25) is 0 Å². The number of carbonyl (C=O) groups excluding carboxylic acids is 1. The number of aryl methyl sites for hydroxylation is 1. The van der Waals surface area contributed by atoms with Crippen LogP contribution in [0.3, 0.4) is 0 Å². The second-order valence-electron chi connectivity index (χ2n) is 3.82. The first-order valence-electron chi connectivity index (χ1n) is 5.52. The number of halogens is 1. The smallest absolute Gasteiger partial charge is 0.319 e. The Labute approximate surface area is 106 Å². The number of amides is 2. The van der Waals surface area contributed by atoms with Gasteiger partial charge in [0.25, 0.3) is 0 Å². The summed E-state index contributed by atoms with van der Waals surface area (Å²) in [5, 5.41) is 14.8. The van der Waals surface area contributed by atoms with Gasteiger partial charge in [0.2, 0.25) is 0 Å². The topological polar surface area (TPSA) is 61.4 Å². The first-order chi connectivity index (χ1) is 8.08. The van der Waals surface area contributed by atoms with Crippen molar-refractivity contribution >= 4 is 23.3 Å². The number of benzene rings is 1. The molecule has 0 saturated heterocycles. The standard InChI is InChI=1S/C12H17ClN2O2/c1-3-9(7-16)14-12(17)15-10-6-4-5-8(2)11(10)13/h4-6,9,16H,3,7H2,1-2H3,(H2,14,15,17). The van der Waals surface area contributed by atoms with Gasteiger partial charge >= 0.3 is 6.03 Å². The lowest BCUT2D eigenvalue weighted by atomic mass is 10.2. The average molecular weight is 257 g/mol. The lowest BCUT2D eigenvalue weighted by Gasteiger charge is -2.15. The fourth-order valence-corrected chi connectivity index (χ4v) is 1.54. The number of anilines is 1. The van der Waals surface area contributed by atoms with Gasteiger partial charge in [-0.25, -0.2) is 4.79 Å². The molecule has 0 saturated carbocycles. The predicted octanol–water partition coefficient (Wildman–Crippen LogP) is 2.54. The molecule has 1 rings (SSSR count). The highest BCUT2D eigenvalue weighted by Crippen LogP contribution is 2.24. The third kappa shape index (κ3) is 3.91. The summed E-state index contributed by atoms with van der Waals surface area (Å²) >= 11 is 6.05. The SMILES string of the molecule is CCC(CO)NC(=O)Nc1cccc(C)c1Cl. The molecule has 0 aliphatic carbocycles. The van der Waals surface area contributed by atoms with Gasteiger partial charge in [-0.1, -0.05) is 30.7 Å². The Morgan fingerprint density at radius 3 is 2.82 bits per heavy atom. The molecule has 1 unspecified atom stereocenters. The van der Waals surface area contributed by atoms with Crippen LogP contribution in [-0.2, 0) is 0 Å². The number of nitrogens with one attached hydrogen (secondary N) is 2. The Hall–Kier alpha value is -1.26. The number of rotatable bonds is 4. The van der Waals surface area contributed by atoms with Gasteiger partial charge in [-0.2, -0.15) is 0 Å². The minimum atomic E-state index is -0.363. The molecular weight excluding hydrogens is 240 g/mol. The first kappa shape index (κ1) is 13.8.